The third-order valence-electron chi connectivity index (χ3n) is 7.10. The molecule has 0 aromatic heterocycles. The Hall–Kier alpha value is -0.0800. The average Bonchev–Trinajstić information content (AvgIpc) is 2.92. The van der Waals surface area contributed by atoms with Crippen molar-refractivity contribution in [1.29, 1.82) is 0 Å². The normalized spacial score (nSPS) is 37.4. The highest BCUT2D eigenvalue weighted by molar-refractivity contribution is 4.92. The Morgan fingerprint density at radius 1 is 1.05 bits per heavy atom. The van der Waals surface area contributed by atoms with Crippen LogP contribution in [0.25, 0.3) is 0 Å². The maximum atomic E-state index is 6.45. The van der Waals surface area contributed by atoms with Gasteiger partial charge in [-0.3, -0.25) is 0 Å². The van der Waals surface area contributed by atoms with Crippen molar-refractivity contribution in [1.82, 2.24) is 4.90 Å². The second-order valence-corrected chi connectivity index (χ2v) is 8.75. The second kappa shape index (κ2) is 6.58. The van der Waals surface area contributed by atoms with E-state index < -0.39 is 0 Å². The Morgan fingerprint density at radius 3 is 2.33 bits per heavy atom. The first-order valence-corrected chi connectivity index (χ1v) is 9.56. The van der Waals surface area contributed by atoms with Crippen LogP contribution in [0.1, 0.15) is 71.6 Å². The molecule has 2 saturated carbocycles. The number of nitrogens with zero attached hydrogens (tertiary/aromatic N) is 1. The van der Waals surface area contributed by atoms with Crippen LogP contribution in [0.4, 0.5) is 0 Å². The molecule has 3 rings (SSSR count). The molecule has 0 aromatic rings. The largest absolute Gasteiger partial charge is 0.327 e. The van der Waals surface area contributed by atoms with E-state index in [9.17, 15) is 0 Å². The summed E-state index contributed by atoms with van der Waals surface area (Å²) in [7, 11) is 0. The molecule has 1 saturated heterocycles. The predicted octanol–water partition coefficient (Wildman–Crippen LogP) is 4.04. The van der Waals surface area contributed by atoms with Crippen molar-refractivity contribution in [2.24, 2.45) is 28.9 Å². The lowest BCUT2D eigenvalue weighted by Crippen LogP contribution is -2.47. The maximum Gasteiger partial charge on any atom is 0.00795 e. The van der Waals surface area contributed by atoms with Gasteiger partial charge in [-0.15, -0.1) is 0 Å². The molecular formula is C19H36N2. The van der Waals surface area contributed by atoms with Crippen LogP contribution in [0, 0.1) is 23.2 Å². The van der Waals surface area contributed by atoms with Crippen LogP contribution in [-0.4, -0.2) is 30.6 Å². The van der Waals surface area contributed by atoms with Gasteiger partial charge in [0.05, 0.1) is 0 Å². The monoisotopic (exact) mass is 292 g/mol. The van der Waals surface area contributed by atoms with Crippen molar-refractivity contribution in [3.8, 4) is 0 Å². The topological polar surface area (TPSA) is 29.3 Å². The van der Waals surface area contributed by atoms with Crippen LogP contribution in [0.3, 0.4) is 0 Å². The number of nitrogens with two attached hydrogens (primary N) is 1. The van der Waals surface area contributed by atoms with Gasteiger partial charge < -0.3 is 10.6 Å². The number of piperidine rings is 1. The van der Waals surface area contributed by atoms with Crippen molar-refractivity contribution in [3.05, 3.63) is 0 Å². The zero-order valence-electron chi connectivity index (χ0n) is 14.3. The fraction of sp³-hybridized carbons (Fsp3) is 1.00. The van der Waals surface area contributed by atoms with Gasteiger partial charge >= 0.3 is 0 Å². The zero-order chi connectivity index (χ0) is 14.9. The fourth-order valence-electron chi connectivity index (χ4n) is 5.31. The van der Waals surface area contributed by atoms with E-state index in [-0.39, 0.29) is 0 Å². The highest BCUT2D eigenvalue weighted by atomic mass is 15.1. The Kier molecular flexibility index (Phi) is 4.95. The van der Waals surface area contributed by atoms with Crippen LogP contribution < -0.4 is 5.73 Å². The van der Waals surface area contributed by atoms with E-state index in [1.165, 1.54) is 77.4 Å². The van der Waals surface area contributed by atoms with Gasteiger partial charge in [-0.25, -0.2) is 0 Å². The maximum absolute atomic E-state index is 6.45. The zero-order valence-corrected chi connectivity index (χ0v) is 14.3. The second-order valence-electron chi connectivity index (χ2n) is 8.75. The van der Waals surface area contributed by atoms with Gasteiger partial charge in [0, 0.05) is 12.6 Å². The lowest BCUT2D eigenvalue weighted by atomic mass is 9.73. The summed E-state index contributed by atoms with van der Waals surface area (Å²) >= 11 is 0. The molecule has 1 heterocycles. The van der Waals surface area contributed by atoms with Crippen LogP contribution in [0.5, 0.6) is 0 Å². The van der Waals surface area contributed by atoms with Gasteiger partial charge in [0.1, 0.15) is 0 Å². The van der Waals surface area contributed by atoms with Gasteiger partial charge in [-0.2, -0.15) is 0 Å². The van der Waals surface area contributed by atoms with Crippen LogP contribution in [0.2, 0.25) is 0 Å². The van der Waals surface area contributed by atoms with Crippen LogP contribution >= 0.6 is 0 Å². The Morgan fingerprint density at radius 2 is 1.71 bits per heavy atom. The third-order valence-corrected chi connectivity index (χ3v) is 7.10. The van der Waals surface area contributed by atoms with Crippen molar-refractivity contribution < 1.29 is 0 Å². The smallest absolute Gasteiger partial charge is 0.00795 e. The summed E-state index contributed by atoms with van der Waals surface area (Å²) in [5.41, 5.74) is 7.20. The summed E-state index contributed by atoms with van der Waals surface area (Å²) in [5, 5.41) is 0. The van der Waals surface area contributed by atoms with E-state index in [1.807, 2.05) is 0 Å². The molecule has 2 nitrogen and oxygen atoms in total. The van der Waals surface area contributed by atoms with Gasteiger partial charge in [0.2, 0.25) is 0 Å². The van der Waals surface area contributed by atoms with Crippen LogP contribution in [-0.2, 0) is 0 Å². The number of rotatable bonds is 3. The SMILES string of the molecule is CC(C)C1CCC(N)C(CN2CCC3(CCCC3)CC2)C1. The minimum Gasteiger partial charge on any atom is -0.327 e. The first-order valence-electron chi connectivity index (χ1n) is 9.56. The minimum absolute atomic E-state index is 0.461. The summed E-state index contributed by atoms with van der Waals surface area (Å²) in [4.78, 5) is 2.75. The standard InChI is InChI=1S/C19H36N2/c1-15(2)16-5-6-18(20)17(13-16)14-21-11-9-19(10-12-21)7-3-4-8-19/h15-18H,3-14,20H2,1-2H3. The van der Waals surface area contributed by atoms with E-state index in [1.54, 1.807) is 0 Å². The summed E-state index contributed by atoms with van der Waals surface area (Å²) in [6.45, 7) is 8.75. The first-order chi connectivity index (χ1) is 10.1. The van der Waals surface area contributed by atoms with Gasteiger partial charge in [-0.1, -0.05) is 26.7 Å². The summed E-state index contributed by atoms with van der Waals surface area (Å²) in [5.74, 6) is 2.51. The van der Waals surface area contributed by atoms with Crippen molar-refractivity contribution >= 4 is 0 Å². The van der Waals surface area contributed by atoms with Gasteiger partial charge in [0.25, 0.3) is 0 Å². The van der Waals surface area contributed by atoms with E-state index in [2.05, 4.69) is 18.7 Å². The van der Waals surface area contributed by atoms with Gasteiger partial charge in [-0.05, 0) is 81.2 Å². The Bertz CT molecular complexity index is 322. The molecule has 3 unspecified atom stereocenters. The number of hydrogen-bond acceptors (Lipinski definition) is 2. The summed E-state index contributed by atoms with van der Waals surface area (Å²) < 4.78 is 0. The van der Waals surface area contributed by atoms with E-state index in [0.29, 0.717) is 6.04 Å². The summed E-state index contributed by atoms with van der Waals surface area (Å²) in [6, 6.07) is 0.461. The molecular weight excluding hydrogens is 256 g/mol. The molecule has 1 spiro atoms. The molecule has 3 atom stereocenters. The average molecular weight is 293 g/mol. The van der Waals surface area contributed by atoms with Crippen molar-refractivity contribution in [2.75, 3.05) is 19.6 Å². The van der Waals surface area contributed by atoms with E-state index in [4.69, 9.17) is 5.73 Å². The van der Waals surface area contributed by atoms with E-state index >= 15 is 0 Å². The predicted molar refractivity (Wildman–Crippen MR) is 90.2 cm³/mol. The molecule has 0 aromatic carbocycles. The minimum atomic E-state index is 0.461. The molecule has 3 aliphatic rings. The number of hydrogen-bond donors (Lipinski definition) is 1. The molecule has 2 heteroatoms. The van der Waals surface area contributed by atoms with Gasteiger partial charge in [0.15, 0.2) is 0 Å². The lowest BCUT2D eigenvalue weighted by Gasteiger charge is -2.43. The van der Waals surface area contributed by atoms with Crippen molar-refractivity contribution in [3.63, 3.8) is 0 Å². The lowest BCUT2D eigenvalue weighted by molar-refractivity contribution is 0.0740. The van der Waals surface area contributed by atoms with Crippen LogP contribution in [0.15, 0.2) is 0 Å². The molecule has 1 aliphatic heterocycles. The van der Waals surface area contributed by atoms with Crippen molar-refractivity contribution in [2.45, 2.75) is 77.7 Å². The first kappa shape index (κ1) is 15.8. The molecule has 0 bridgehead atoms. The molecule has 21 heavy (non-hydrogen) atoms. The quantitative estimate of drug-likeness (QED) is 0.850. The number of likely N-dealkylation sites (tertiary alicyclic amines) is 1. The third kappa shape index (κ3) is 3.64. The molecule has 2 aliphatic carbocycles. The highest BCUT2D eigenvalue weighted by Crippen LogP contribution is 2.46. The summed E-state index contributed by atoms with van der Waals surface area (Å²) in [6.07, 6.45) is 12.9. The Balaban J connectivity index is 1.49. The fourth-order valence-corrected chi connectivity index (χ4v) is 5.31. The van der Waals surface area contributed by atoms with E-state index in [0.717, 1.165) is 23.2 Å². The highest BCUT2D eigenvalue weighted by Gasteiger charge is 2.38. The molecule has 3 fully saturated rings. The molecule has 0 amide bonds. The molecule has 122 valence electrons. The molecule has 2 N–H and O–H groups in total. The molecule has 0 radical (unpaired) electrons. The Labute approximate surface area is 131 Å².